The van der Waals surface area contributed by atoms with Crippen molar-refractivity contribution in [1.29, 1.82) is 5.41 Å². The molecule has 10 atom stereocenters. The molecule has 13 N–H and O–H groups in total. The van der Waals surface area contributed by atoms with Gasteiger partial charge in [0, 0.05) is 102 Å². The van der Waals surface area contributed by atoms with E-state index in [2.05, 4.69) is 45.4 Å². The third-order valence-corrected chi connectivity index (χ3v) is 17.6. The number of amides is 5. The summed E-state index contributed by atoms with van der Waals surface area (Å²) in [5.41, 5.74) is 17.3. The van der Waals surface area contributed by atoms with Crippen LogP contribution in [0.2, 0.25) is 0 Å². The highest BCUT2D eigenvalue weighted by Crippen LogP contribution is 2.43. The van der Waals surface area contributed by atoms with Gasteiger partial charge >= 0.3 is 18.0 Å². The van der Waals surface area contributed by atoms with Crippen molar-refractivity contribution in [1.82, 2.24) is 26.6 Å². The summed E-state index contributed by atoms with van der Waals surface area (Å²) in [6.45, 7) is 16.9. The van der Waals surface area contributed by atoms with E-state index in [1.165, 1.54) is 13.8 Å². The fourth-order valence-corrected chi connectivity index (χ4v) is 12.9. The number of ketones is 2. The van der Waals surface area contributed by atoms with Crippen LogP contribution in [0.15, 0.2) is 4.99 Å². The lowest BCUT2D eigenvalue weighted by atomic mass is 9.77. The molecule has 2 fully saturated rings. The summed E-state index contributed by atoms with van der Waals surface area (Å²) < 4.78 is 33.9. The quantitative estimate of drug-likeness (QED) is 0.0136. The molecule has 0 bridgehead atoms. The number of carbonyl (C=O) groups is 9. The van der Waals surface area contributed by atoms with Gasteiger partial charge < -0.3 is 77.3 Å². The van der Waals surface area contributed by atoms with Crippen molar-refractivity contribution in [3.63, 3.8) is 0 Å². The maximum absolute atomic E-state index is 13.6. The van der Waals surface area contributed by atoms with Crippen LogP contribution in [-0.4, -0.2) is 172 Å². The minimum absolute atomic E-state index is 0.00696. The van der Waals surface area contributed by atoms with Crippen LogP contribution in [0.25, 0.3) is 0 Å². The first-order valence-corrected chi connectivity index (χ1v) is 34.3. The molecule has 0 radical (unpaired) electrons. The van der Waals surface area contributed by atoms with Crippen LogP contribution in [0.1, 0.15) is 215 Å². The van der Waals surface area contributed by atoms with Crippen LogP contribution in [0.5, 0.6) is 0 Å². The van der Waals surface area contributed by atoms with Crippen LogP contribution in [0.3, 0.4) is 0 Å². The Balaban J connectivity index is 1.85. The zero-order valence-electron chi connectivity index (χ0n) is 56.6. The Kier molecular flexibility index (Phi) is 43.4. The molecule has 0 heterocycles. The molecule has 26 nitrogen and oxygen atoms in total. The van der Waals surface area contributed by atoms with Crippen molar-refractivity contribution in [2.24, 2.45) is 57.7 Å². The van der Waals surface area contributed by atoms with Gasteiger partial charge in [-0.3, -0.25) is 43.8 Å². The number of hydrogen-bond acceptors (Lipinski definition) is 17. The Hall–Kier alpha value is -5.99. The summed E-state index contributed by atoms with van der Waals surface area (Å²) in [6.07, 6.45) is 11.0. The van der Waals surface area contributed by atoms with Gasteiger partial charge in [0.25, 0.3) is 0 Å². The van der Waals surface area contributed by atoms with E-state index in [9.17, 15) is 48.3 Å². The van der Waals surface area contributed by atoms with E-state index in [4.69, 9.17) is 51.0 Å². The lowest BCUT2D eigenvalue weighted by Crippen LogP contribution is -2.51. The second-order valence-corrected chi connectivity index (χ2v) is 24.7. The molecule has 0 spiro atoms. The molecule has 2 rings (SSSR count). The van der Waals surface area contributed by atoms with E-state index in [-0.39, 0.29) is 129 Å². The zero-order chi connectivity index (χ0) is 68.2. The summed E-state index contributed by atoms with van der Waals surface area (Å²) in [6, 6.07) is -2.41. The number of carboxylic acids is 1. The molecule has 2 saturated carbocycles. The molecule has 0 aromatic carbocycles. The fourth-order valence-electron chi connectivity index (χ4n) is 12.9. The molecule has 0 aromatic heterocycles. The first-order valence-electron chi connectivity index (χ1n) is 34.3. The first kappa shape index (κ1) is 82.1. The Morgan fingerprint density at radius 1 is 0.565 bits per heavy atom. The van der Waals surface area contributed by atoms with Gasteiger partial charge in [-0.25, -0.2) is 9.79 Å². The molecular formula is C66H118N10O16. The van der Waals surface area contributed by atoms with Crippen LogP contribution < -0.4 is 43.8 Å². The van der Waals surface area contributed by atoms with Gasteiger partial charge in [-0.1, -0.05) is 98.8 Å². The number of hydrogen-bond donors (Lipinski definition) is 10. The molecule has 92 heavy (non-hydrogen) atoms. The number of aliphatic carboxylic acids is 1. The lowest BCUT2D eigenvalue weighted by molar-refractivity contribution is -0.160. The number of Topliss-reactive ketones (excluding diaryl/α,β-unsaturated/α-hetero) is 2. The van der Waals surface area contributed by atoms with Gasteiger partial charge in [0.05, 0.1) is 70.1 Å². The fraction of sp³-hybridized carbons (Fsp3) is 0.833. The summed E-state index contributed by atoms with van der Waals surface area (Å²) in [5.74, 6) is -5.25. The summed E-state index contributed by atoms with van der Waals surface area (Å²) in [7, 11) is 0. The number of alkyl carbamates (subject to hydrolysis) is 1. The second-order valence-electron chi connectivity index (χ2n) is 24.7. The molecule has 0 aliphatic heterocycles. The SMILES string of the molecule is CCCOCCOCCOCCOCCC(=O)N[C@H](CCC(=O)CCCCCCCNC(=O)O[C@@H]1CC[C@@H](CC(=N)N)[C@@H]1[C@H](NC(C)=O)C(CC)CC)C(=O)CCC(=O)NCCCCCCCC(=O)O[C@H]1[C@@H]([C@H](NC(C)=O)C(CC)CC)C(N=C(N)N)C[C@@H]1C(=O)O. The molecule has 0 saturated heterocycles. The van der Waals surface area contributed by atoms with Crippen molar-refractivity contribution in [3.8, 4) is 0 Å². The van der Waals surface area contributed by atoms with Gasteiger partial charge in [-0.15, -0.1) is 0 Å². The molecule has 528 valence electrons. The number of amidine groups is 1. The van der Waals surface area contributed by atoms with Crippen molar-refractivity contribution in [3.05, 3.63) is 0 Å². The molecule has 2 aliphatic rings. The third kappa shape index (κ3) is 34.2. The van der Waals surface area contributed by atoms with Crippen LogP contribution in [0.4, 0.5) is 4.79 Å². The maximum atomic E-state index is 13.6. The lowest BCUT2D eigenvalue weighted by Gasteiger charge is -2.37. The van der Waals surface area contributed by atoms with Crippen molar-refractivity contribution in [2.45, 2.75) is 252 Å². The van der Waals surface area contributed by atoms with Crippen molar-refractivity contribution < 1.29 is 76.7 Å². The Labute approximate surface area is 547 Å². The minimum atomic E-state index is -1.15. The van der Waals surface area contributed by atoms with Gasteiger partial charge in [0.2, 0.25) is 23.6 Å². The van der Waals surface area contributed by atoms with Crippen LogP contribution in [-0.2, 0) is 66.8 Å². The number of aliphatic imine (C=N–C) groups is 1. The molecule has 5 amide bonds. The smallest absolute Gasteiger partial charge is 0.407 e. The third-order valence-electron chi connectivity index (χ3n) is 17.6. The number of nitrogens with two attached hydrogens (primary N) is 3. The van der Waals surface area contributed by atoms with E-state index in [0.29, 0.717) is 117 Å². The number of guanidine groups is 1. The average Bonchev–Trinajstić information content (AvgIpc) is 1.64. The number of carboxylic acid groups (broad SMARTS) is 1. The highest BCUT2D eigenvalue weighted by molar-refractivity contribution is 5.92. The second kappa shape index (κ2) is 48.7. The average molecular weight is 1310 g/mol. The summed E-state index contributed by atoms with van der Waals surface area (Å²) >= 11 is 0. The largest absolute Gasteiger partial charge is 0.481 e. The topological polar surface area (TPSA) is 404 Å². The van der Waals surface area contributed by atoms with Crippen molar-refractivity contribution >= 4 is 65.0 Å². The van der Waals surface area contributed by atoms with Gasteiger partial charge in [-0.05, 0) is 75.5 Å². The van der Waals surface area contributed by atoms with E-state index >= 15 is 0 Å². The highest BCUT2D eigenvalue weighted by Gasteiger charge is 2.54. The Morgan fingerprint density at radius 3 is 1.62 bits per heavy atom. The van der Waals surface area contributed by atoms with Crippen molar-refractivity contribution in [2.75, 3.05) is 65.9 Å². The monoisotopic (exact) mass is 1310 g/mol. The maximum Gasteiger partial charge on any atom is 0.407 e. The van der Waals surface area contributed by atoms with E-state index < -0.39 is 66.1 Å². The van der Waals surface area contributed by atoms with Gasteiger partial charge in [-0.2, -0.15) is 0 Å². The number of ether oxygens (including phenoxy) is 6. The number of esters is 1. The summed E-state index contributed by atoms with van der Waals surface area (Å²) in [4.78, 5) is 121. The predicted molar refractivity (Wildman–Crippen MR) is 350 cm³/mol. The van der Waals surface area contributed by atoms with Gasteiger partial charge in [0.1, 0.15) is 18.0 Å². The Morgan fingerprint density at radius 2 is 1.09 bits per heavy atom. The standard InChI is InChI=1S/C66H118N10O16/c1-8-34-87-36-38-89-40-41-90-39-37-88-35-31-57(82)75-51(27-26-49(79)23-19-15-13-18-22-33-72-66(86)91-54-29-25-48(42-55(67)68)59(54)61(73-44(6)77)46(9-2)10-3)53(80)28-30-56(81)71-32-21-17-14-16-20-24-58(83)92-63-50(64(84)85)43-52(76-65(69)70)60(63)62(74-45(7)78)47(11-4)12-5/h46-48,50-52,54,59-63H,8-43H2,1-7H3,(H3,67,68)(H,71,81)(H,72,86)(H,73,77)(H,74,78)(H,75,82)(H,84,85)(H4,69,70,76)/t48-,50-,51+,52?,54+,59-,60+,61+,62+,63+/m0/s1. The number of rotatable bonds is 54. The number of carbonyl (C=O) groups excluding carboxylic acids is 8. The molecule has 1 unspecified atom stereocenters. The molecule has 26 heteroatoms. The summed E-state index contributed by atoms with van der Waals surface area (Å²) in [5, 5.41) is 32.8. The number of nitrogens with zero attached hydrogens (tertiary/aromatic N) is 1. The minimum Gasteiger partial charge on any atom is -0.481 e. The van der Waals surface area contributed by atoms with Crippen LogP contribution >= 0.6 is 0 Å². The van der Waals surface area contributed by atoms with Gasteiger partial charge in [0.15, 0.2) is 11.7 Å². The van der Waals surface area contributed by atoms with E-state index in [1.54, 1.807) is 0 Å². The molecular weight excluding hydrogens is 1190 g/mol. The number of nitrogens with one attached hydrogen (secondary N) is 6. The first-order chi connectivity index (χ1) is 44.1. The zero-order valence-corrected chi connectivity index (χ0v) is 56.6. The normalized spacial score (nSPS) is 19.6. The van der Waals surface area contributed by atoms with E-state index in [1.807, 2.05) is 20.8 Å². The molecule has 0 aromatic rings. The number of unbranched alkanes of at least 4 members (excludes halogenated alkanes) is 8. The van der Waals surface area contributed by atoms with E-state index in [0.717, 1.165) is 57.8 Å². The van der Waals surface area contributed by atoms with Crippen LogP contribution in [0, 0.1) is 40.9 Å². The predicted octanol–water partition coefficient (Wildman–Crippen LogP) is 6.44. The molecule has 2 aliphatic carbocycles. The Bertz CT molecular complexity index is 2230. The highest BCUT2D eigenvalue weighted by atomic mass is 16.6.